The number of carbonyl (C=O) groups excluding carboxylic acids is 2. The molecule has 1 saturated heterocycles. The number of fused-ring (bicyclic) bond motifs is 2. The van der Waals surface area contributed by atoms with E-state index in [1.165, 1.54) is 48.2 Å². The van der Waals surface area contributed by atoms with Crippen LogP contribution in [0.5, 0.6) is 0 Å². The molecule has 0 unspecified atom stereocenters. The molecular weight excluding hydrogens is 450 g/mol. The molecule has 2 amide bonds. The number of aryl methyl sites for hydroxylation is 1. The molecule has 2 aliphatic rings. The molecule has 2 aliphatic heterocycles. The predicted molar refractivity (Wildman–Crippen MR) is 118 cm³/mol. The highest BCUT2D eigenvalue weighted by molar-refractivity contribution is 7.94. The number of amides is 2. The Morgan fingerprint density at radius 3 is 2.45 bits per heavy atom. The Kier molecular flexibility index (Phi) is 4.65. The molecule has 33 heavy (non-hydrogen) atoms. The summed E-state index contributed by atoms with van der Waals surface area (Å²) in [4.78, 5) is 26.7. The highest BCUT2D eigenvalue weighted by Crippen LogP contribution is 2.52. The second-order valence-corrected chi connectivity index (χ2v) is 10.2. The molecule has 9 heteroatoms. The van der Waals surface area contributed by atoms with Crippen molar-refractivity contribution >= 4 is 33.0 Å². The first kappa shape index (κ1) is 21.3. The fourth-order valence-corrected chi connectivity index (χ4v) is 6.62. The van der Waals surface area contributed by atoms with Crippen molar-refractivity contribution in [3.05, 3.63) is 95.1 Å². The van der Waals surface area contributed by atoms with E-state index in [1.807, 2.05) is 0 Å². The van der Waals surface area contributed by atoms with Gasteiger partial charge >= 0.3 is 0 Å². The lowest BCUT2D eigenvalue weighted by atomic mass is 10.0. The van der Waals surface area contributed by atoms with Crippen molar-refractivity contribution in [1.82, 2.24) is 0 Å². The van der Waals surface area contributed by atoms with Crippen LogP contribution in [0.4, 0.5) is 20.2 Å². The summed E-state index contributed by atoms with van der Waals surface area (Å²) in [6.07, 6.45) is 0. The first-order valence-corrected chi connectivity index (χ1v) is 11.8. The smallest absolute Gasteiger partial charge is 0.274 e. The summed E-state index contributed by atoms with van der Waals surface area (Å²) in [5, 5.41) is 0. The van der Waals surface area contributed by atoms with Crippen molar-refractivity contribution in [2.45, 2.75) is 18.3 Å². The number of hydrogen-bond donors (Lipinski definition) is 0. The lowest BCUT2D eigenvalue weighted by Gasteiger charge is -2.32. The largest absolute Gasteiger partial charge is 0.304 e. The number of carbonyl (C=O) groups is 2. The molecule has 168 valence electrons. The van der Waals surface area contributed by atoms with Crippen molar-refractivity contribution in [1.29, 1.82) is 0 Å². The molecule has 3 aromatic carbocycles. The third kappa shape index (κ3) is 2.92. The Hall–Kier alpha value is -3.59. The second-order valence-electron chi connectivity index (χ2n) is 8.10. The van der Waals surface area contributed by atoms with Crippen LogP contribution in [-0.2, 0) is 30.8 Å². The molecule has 0 bridgehead atoms. The van der Waals surface area contributed by atoms with Gasteiger partial charge in [-0.25, -0.2) is 17.2 Å². The van der Waals surface area contributed by atoms with Crippen LogP contribution < -0.4 is 9.80 Å². The van der Waals surface area contributed by atoms with E-state index < -0.39 is 43.9 Å². The average Bonchev–Trinajstić information content (AvgIpc) is 3.13. The van der Waals surface area contributed by atoms with Crippen LogP contribution in [0, 0.1) is 18.6 Å². The van der Waals surface area contributed by atoms with Gasteiger partial charge in [0.05, 0.1) is 12.2 Å². The van der Waals surface area contributed by atoms with Gasteiger partial charge in [0.2, 0.25) is 5.91 Å². The van der Waals surface area contributed by atoms with Gasteiger partial charge in [0.15, 0.2) is 9.84 Å². The van der Waals surface area contributed by atoms with Gasteiger partial charge in [-0.2, -0.15) is 0 Å². The zero-order valence-corrected chi connectivity index (χ0v) is 18.3. The van der Waals surface area contributed by atoms with Crippen LogP contribution in [0.15, 0.2) is 66.7 Å². The molecule has 2 heterocycles. The van der Waals surface area contributed by atoms with E-state index in [-0.39, 0.29) is 17.8 Å². The number of nitrogens with zero attached hydrogens (tertiary/aromatic N) is 2. The van der Waals surface area contributed by atoms with E-state index >= 15 is 0 Å². The van der Waals surface area contributed by atoms with E-state index in [2.05, 4.69) is 0 Å². The number of hydrogen-bond acceptors (Lipinski definition) is 4. The van der Waals surface area contributed by atoms with Crippen molar-refractivity contribution in [2.24, 2.45) is 0 Å². The molecule has 0 saturated carbocycles. The summed E-state index contributed by atoms with van der Waals surface area (Å²) >= 11 is 0. The SMILES string of the molecule is Cc1ccc(N2C(=O)CS(=O)(=O)[C@@]23C(=O)N(Cc2cccc(F)c2)c2ccccc23)cc1F. The molecule has 1 atom stereocenters. The van der Waals surface area contributed by atoms with Crippen molar-refractivity contribution in [3.8, 4) is 0 Å². The Morgan fingerprint density at radius 1 is 0.970 bits per heavy atom. The van der Waals surface area contributed by atoms with E-state index in [0.29, 0.717) is 16.8 Å². The third-order valence-electron chi connectivity index (χ3n) is 6.07. The molecule has 5 rings (SSSR count). The molecule has 0 radical (unpaired) electrons. The minimum atomic E-state index is -4.36. The van der Waals surface area contributed by atoms with Gasteiger partial charge in [0.1, 0.15) is 17.4 Å². The highest BCUT2D eigenvalue weighted by Gasteiger charge is 2.69. The first-order chi connectivity index (χ1) is 15.7. The topological polar surface area (TPSA) is 74.8 Å². The molecule has 6 nitrogen and oxygen atoms in total. The highest BCUT2D eigenvalue weighted by atomic mass is 32.2. The van der Waals surface area contributed by atoms with Crippen LogP contribution in [0.1, 0.15) is 16.7 Å². The summed E-state index contributed by atoms with van der Waals surface area (Å²) < 4.78 is 55.2. The minimum absolute atomic E-state index is 0.0278. The van der Waals surface area contributed by atoms with Gasteiger partial charge in [-0.15, -0.1) is 0 Å². The number of benzene rings is 3. The molecule has 0 aliphatic carbocycles. The van der Waals surface area contributed by atoms with Crippen molar-refractivity contribution in [2.75, 3.05) is 15.6 Å². The quantitative estimate of drug-likeness (QED) is 0.590. The number of para-hydroxylation sites is 1. The van der Waals surface area contributed by atoms with Gasteiger partial charge in [-0.1, -0.05) is 36.4 Å². The summed E-state index contributed by atoms with van der Waals surface area (Å²) in [6.45, 7) is 1.43. The zero-order valence-electron chi connectivity index (χ0n) is 17.5. The maximum absolute atomic E-state index is 14.4. The molecular formula is C24H18F2N2O4S. The van der Waals surface area contributed by atoms with Crippen LogP contribution in [0.25, 0.3) is 0 Å². The molecule has 3 aromatic rings. The minimum Gasteiger partial charge on any atom is -0.304 e. The third-order valence-corrected chi connectivity index (χ3v) is 8.17. The molecule has 0 aromatic heterocycles. The Labute approximate surface area is 189 Å². The lowest BCUT2D eigenvalue weighted by Crippen LogP contribution is -2.54. The van der Waals surface area contributed by atoms with Crippen LogP contribution >= 0.6 is 0 Å². The van der Waals surface area contributed by atoms with Crippen molar-refractivity contribution in [3.63, 3.8) is 0 Å². The summed E-state index contributed by atoms with van der Waals surface area (Å²) in [5.41, 5.74) is 1.14. The molecule has 1 fully saturated rings. The fourth-order valence-electron chi connectivity index (χ4n) is 4.59. The van der Waals surface area contributed by atoms with Crippen LogP contribution in [0.2, 0.25) is 0 Å². The maximum atomic E-state index is 14.4. The summed E-state index contributed by atoms with van der Waals surface area (Å²) in [7, 11) is -4.36. The molecule has 1 spiro atoms. The predicted octanol–water partition coefficient (Wildman–Crippen LogP) is 3.43. The van der Waals surface area contributed by atoms with Gasteiger partial charge in [-0.05, 0) is 48.4 Å². The Bertz CT molecular complexity index is 1440. The maximum Gasteiger partial charge on any atom is 0.274 e. The van der Waals surface area contributed by atoms with E-state index in [1.54, 1.807) is 24.3 Å². The van der Waals surface area contributed by atoms with E-state index in [9.17, 15) is 26.8 Å². The van der Waals surface area contributed by atoms with Gasteiger partial charge in [-0.3, -0.25) is 14.5 Å². The van der Waals surface area contributed by atoms with Crippen LogP contribution in [0.3, 0.4) is 0 Å². The monoisotopic (exact) mass is 468 g/mol. The van der Waals surface area contributed by atoms with Crippen LogP contribution in [-0.4, -0.2) is 26.0 Å². The first-order valence-electron chi connectivity index (χ1n) is 10.1. The van der Waals surface area contributed by atoms with Crippen molar-refractivity contribution < 1.29 is 26.8 Å². The summed E-state index contributed by atoms with van der Waals surface area (Å²) in [6, 6.07) is 15.8. The number of rotatable bonds is 3. The van der Waals surface area contributed by atoms with Gasteiger partial charge in [0, 0.05) is 11.3 Å². The van der Waals surface area contributed by atoms with Gasteiger partial charge in [0.25, 0.3) is 10.8 Å². The average molecular weight is 468 g/mol. The summed E-state index contributed by atoms with van der Waals surface area (Å²) in [5.74, 6) is -3.71. The lowest BCUT2D eigenvalue weighted by molar-refractivity contribution is -0.123. The normalized spacial score (nSPS) is 21.2. The Morgan fingerprint density at radius 2 is 1.73 bits per heavy atom. The van der Waals surface area contributed by atoms with E-state index in [4.69, 9.17) is 0 Å². The zero-order chi connectivity index (χ0) is 23.5. The fraction of sp³-hybridized carbons (Fsp3) is 0.167. The Balaban J connectivity index is 1.74. The van der Waals surface area contributed by atoms with Gasteiger partial charge < -0.3 is 4.90 Å². The number of sulfone groups is 1. The standard InChI is InChI=1S/C24H18F2N2O4S/c1-15-9-10-18(12-20(15)26)28-22(29)14-33(31,32)24(28)19-7-2-3-8-21(19)27(23(24)30)13-16-5-4-6-17(25)11-16/h2-12H,13-14H2,1H3/t24-/m0/s1. The molecule has 0 N–H and O–H groups in total. The number of anilines is 2. The second kappa shape index (κ2) is 7.21. The number of halogens is 2. The van der Waals surface area contributed by atoms with E-state index in [0.717, 1.165) is 11.0 Å².